The van der Waals surface area contributed by atoms with E-state index < -0.39 is 6.09 Å². The molecular weight excluding hydrogens is 252 g/mol. The summed E-state index contributed by atoms with van der Waals surface area (Å²) in [6.45, 7) is 0.156. The number of methoxy groups -OCH3 is 1. The average Bonchev–Trinajstić information content (AvgIpc) is 2.85. The van der Waals surface area contributed by atoms with E-state index in [9.17, 15) is 4.79 Å². The number of thiazole rings is 1. The van der Waals surface area contributed by atoms with Gasteiger partial charge in [-0.25, -0.2) is 9.78 Å². The van der Waals surface area contributed by atoms with Crippen molar-refractivity contribution in [2.45, 2.75) is 6.61 Å². The van der Waals surface area contributed by atoms with Gasteiger partial charge in [-0.1, -0.05) is 0 Å². The Kier molecular flexibility index (Phi) is 3.78. The molecule has 0 saturated carbocycles. The van der Waals surface area contributed by atoms with Crippen molar-refractivity contribution < 1.29 is 14.3 Å². The molecule has 2 N–H and O–H groups in total. The van der Waals surface area contributed by atoms with Gasteiger partial charge in [0.05, 0.1) is 12.0 Å². The molecule has 5 nitrogen and oxygen atoms in total. The quantitative estimate of drug-likeness (QED) is 0.920. The van der Waals surface area contributed by atoms with E-state index >= 15 is 0 Å². The largest absolute Gasteiger partial charge is 0.497 e. The second kappa shape index (κ2) is 5.50. The first kappa shape index (κ1) is 12.4. The minimum absolute atomic E-state index is 0.156. The first-order valence-corrected chi connectivity index (χ1v) is 6.02. The summed E-state index contributed by atoms with van der Waals surface area (Å²) in [6, 6.07) is 7.60. The normalized spacial score (nSPS) is 10.1. The van der Waals surface area contributed by atoms with Gasteiger partial charge in [0.1, 0.15) is 17.4 Å². The maximum atomic E-state index is 10.5. The summed E-state index contributed by atoms with van der Waals surface area (Å²) in [5.41, 5.74) is 5.89. The summed E-state index contributed by atoms with van der Waals surface area (Å²) < 4.78 is 9.79. The molecule has 2 rings (SSSR count). The van der Waals surface area contributed by atoms with Gasteiger partial charge in [0, 0.05) is 11.8 Å². The highest BCUT2D eigenvalue weighted by atomic mass is 32.1. The van der Waals surface area contributed by atoms with Crippen LogP contribution in [0, 0.1) is 0 Å². The van der Waals surface area contributed by atoms with Crippen molar-refractivity contribution in [1.82, 2.24) is 4.98 Å². The summed E-state index contributed by atoms with van der Waals surface area (Å²) in [6.07, 6.45) is 0.891. The number of amides is 1. The number of primary amides is 1. The predicted octanol–water partition coefficient (Wildman–Crippen LogP) is 2.41. The zero-order valence-electron chi connectivity index (χ0n) is 9.75. The molecule has 0 saturated heterocycles. The van der Waals surface area contributed by atoms with Crippen LogP contribution in [-0.4, -0.2) is 18.2 Å². The smallest absolute Gasteiger partial charge is 0.404 e. The van der Waals surface area contributed by atoms with Crippen molar-refractivity contribution in [2.75, 3.05) is 7.11 Å². The monoisotopic (exact) mass is 264 g/mol. The van der Waals surface area contributed by atoms with Crippen molar-refractivity contribution in [1.29, 1.82) is 0 Å². The van der Waals surface area contributed by atoms with Crippen LogP contribution in [0.3, 0.4) is 0 Å². The van der Waals surface area contributed by atoms with E-state index in [-0.39, 0.29) is 6.61 Å². The van der Waals surface area contributed by atoms with Crippen LogP contribution in [0.5, 0.6) is 5.75 Å². The van der Waals surface area contributed by atoms with E-state index in [0.717, 1.165) is 21.2 Å². The second-order valence-corrected chi connectivity index (χ2v) is 4.58. The number of carbonyl (C=O) groups excluding carboxylic acids is 1. The van der Waals surface area contributed by atoms with Crippen molar-refractivity contribution in [3.63, 3.8) is 0 Å². The molecule has 0 fully saturated rings. The van der Waals surface area contributed by atoms with E-state index in [1.165, 1.54) is 11.3 Å². The molecule has 1 heterocycles. The Bertz CT molecular complexity index is 537. The number of nitrogens with zero attached hydrogens (tertiary/aromatic N) is 1. The third kappa shape index (κ3) is 2.98. The van der Waals surface area contributed by atoms with E-state index in [2.05, 4.69) is 4.98 Å². The summed E-state index contributed by atoms with van der Waals surface area (Å²) in [4.78, 5) is 15.6. The lowest BCUT2D eigenvalue weighted by Crippen LogP contribution is -2.12. The lowest BCUT2D eigenvalue weighted by molar-refractivity contribution is 0.151. The SMILES string of the molecule is COc1ccc(-c2ncc(COC(N)=O)s2)cc1. The first-order valence-electron chi connectivity index (χ1n) is 5.20. The number of benzene rings is 1. The van der Waals surface area contributed by atoms with Crippen molar-refractivity contribution in [2.24, 2.45) is 5.73 Å². The van der Waals surface area contributed by atoms with Gasteiger partial charge in [0.15, 0.2) is 0 Å². The predicted molar refractivity (Wildman–Crippen MR) is 68.5 cm³/mol. The fourth-order valence-electron chi connectivity index (χ4n) is 1.38. The summed E-state index contributed by atoms with van der Waals surface area (Å²) in [5.74, 6) is 0.799. The standard InChI is InChI=1S/C12H12N2O3S/c1-16-9-4-2-8(3-5-9)11-14-6-10(18-11)7-17-12(13)15/h2-6H,7H2,1H3,(H2,13,15). The molecule has 1 aromatic heterocycles. The number of hydrogen-bond acceptors (Lipinski definition) is 5. The molecule has 0 atom stereocenters. The van der Waals surface area contributed by atoms with Crippen LogP contribution in [0.25, 0.3) is 10.6 Å². The summed E-state index contributed by atoms with van der Waals surface area (Å²) >= 11 is 1.46. The summed E-state index contributed by atoms with van der Waals surface area (Å²) in [7, 11) is 1.62. The van der Waals surface area contributed by atoms with E-state index in [4.69, 9.17) is 15.2 Å². The number of carbonyl (C=O) groups is 1. The zero-order chi connectivity index (χ0) is 13.0. The fraction of sp³-hybridized carbons (Fsp3) is 0.167. The van der Waals surface area contributed by atoms with E-state index in [1.54, 1.807) is 13.3 Å². The number of ether oxygens (including phenoxy) is 2. The van der Waals surface area contributed by atoms with Crippen LogP contribution in [-0.2, 0) is 11.3 Å². The maximum Gasteiger partial charge on any atom is 0.404 e. The minimum Gasteiger partial charge on any atom is -0.497 e. The van der Waals surface area contributed by atoms with Crippen LogP contribution in [0.2, 0.25) is 0 Å². The Labute approximate surface area is 108 Å². The molecule has 6 heteroatoms. The highest BCUT2D eigenvalue weighted by molar-refractivity contribution is 7.15. The molecular formula is C12H12N2O3S. The second-order valence-electron chi connectivity index (χ2n) is 3.47. The zero-order valence-corrected chi connectivity index (χ0v) is 10.6. The maximum absolute atomic E-state index is 10.5. The van der Waals surface area contributed by atoms with Gasteiger partial charge in [-0.3, -0.25) is 0 Å². The third-order valence-corrected chi connectivity index (χ3v) is 3.27. The van der Waals surface area contributed by atoms with E-state index in [1.807, 2.05) is 24.3 Å². The van der Waals surface area contributed by atoms with Crippen LogP contribution in [0.15, 0.2) is 30.5 Å². The topological polar surface area (TPSA) is 74.4 Å². The number of hydrogen-bond donors (Lipinski definition) is 1. The van der Waals surface area contributed by atoms with Gasteiger partial charge in [-0.2, -0.15) is 0 Å². The van der Waals surface area contributed by atoms with Crippen LogP contribution in [0.4, 0.5) is 4.79 Å². The summed E-state index contributed by atoms with van der Waals surface area (Å²) in [5, 5.41) is 0.862. The Morgan fingerprint density at radius 1 is 1.39 bits per heavy atom. The molecule has 94 valence electrons. The van der Waals surface area contributed by atoms with Crippen molar-refractivity contribution in [3.05, 3.63) is 35.3 Å². The third-order valence-electron chi connectivity index (χ3n) is 2.25. The molecule has 1 aromatic carbocycles. The van der Waals surface area contributed by atoms with Gasteiger partial charge in [-0.05, 0) is 24.3 Å². The van der Waals surface area contributed by atoms with Gasteiger partial charge >= 0.3 is 6.09 Å². The van der Waals surface area contributed by atoms with Gasteiger partial charge in [0.2, 0.25) is 0 Å². The Morgan fingerprint density at radius 2 is 2.11 bits per heavy atom. The molecule has 2 aromatic rings. The number of rotatable bonds is 4. The molecule has 18 heavy (non-hydrogen) atoms. The van der Waals surface area contributed by atoms with Crippen molar-refractivity contribution >= 4 is 17.4 Å². The van der Waals surface area contributed by atoms with Gasteiger partial charge in [0.25, 0.3) is 0 Å². The lowest BCUT2D eigenvalue weighted by atomic mass is 10.2. The molecule has 0 aliphatic carbocycles. The highest BCUT2D eigenvalue weighted by Crippen LogP contribution is 2.27. The molecule has 0 aliphatic heterocycles. The van der Waals surface area contributed by atoms with E-state index in [0.29, 0.717) is 0 Å². The first-order chi connectivity index (χ1) is 8.69. The van der Waals surface area contributed by atoms with Crippen LogP contribution < -0.4 is 10.5 Å². The van der Waals surface area contributed by atoms with Gasteiger partial charge in [-0.15, -0.1) is 11.3 Å². The molecule has 0 aliphatic rings. The molecule has 0 unspecified atom stereocenters. The van der Waals surface area contributed by atoms with Crippen LogP contribution >= 0.6 is 11.3 Å². The minimum atomic E-state index is -0.783. The average molecular weight is 264 g/mol. The number of aromatic nitrogens is 1. The Hall–Kier alpha value is -2.08. The Morgan fingerprint density at radius 3 is 2.72 bits per heavy atom. The molecule has 0 radical (unpaired) electrons. The molecule has 0 spiro atoms. The molecule has 1 amide bonds. The lowest BCUT2D eigenvalue weighted by Gasteiger charge is -2.00. The number of nitrogens with two attached hydrogens (primary N) is 1. The fourth-order valence-corrected chi connectivity index (χ4v) is 2.21. The van der Waals surface area contributed by atoms with Gasteiger partial charge < -0.3 is 15.2 Å². The molecule has 0 bridgehead atoms. The van der Waals surface area contributed by atoms with Crippen molar-refractivity contribution in [3.8, 4) is 16.3 Å². The highest BCUT2D eigenvalue weighted by Gasteiger charge is 2.06. The Balaban J connectivity index is 2.10. The van der Waals surface area contributed by atoms with Crippen LogP contribution in [0.1, 0.15) is 4.88 Å².